The van der Waals surface area contributed by atoms with Crippen molar-refractivity contribution < 1.29 is 24.1 Å². The van der Waals surface area contributed by atoms with Crippen molar-refractivity contribution in [3.63, 3.8) is 0 Å². The van der Waals surface area contributed by atoms with Crippen molar-refractivity contribution in [1.82, 2.24) is 0 Å². The van der Waals surface area contributed by atoms with Crippen LogP contribution in [0.5, 0.6) is 23.0 Å². The van der Waals surface area contributed by atoms with E-state index in [1.54, 1.807) is 12.1 Å². The average molecular weight is 327 g/mol. The lowest BCUT2D eigenvalue weighted by atomic mass is 9.84. The Bertz CT molecular complexity index is 817. The van der Waals surface area contributed by atoms with Crippen molar-refractivity contribution in [1.29, 1.82) is 0 Å². The molecule has 1 amide bonds. The van der Waals surface area contributed by atoms with Gasteiger partial charge in [0.05, 0.1) is 7.11 Å². The van der Waals surface area contributed by atoms with E-state index in [0.717, 1.165) is 16.8 Å². The van der Waals surface area contributed by atoms with Crippen molar-refractivity contribution in [3.05, 3.63) is 41.5 Å². The number of phenols is 1. The van der Waals surface area contributed by atoms with Crippen molar-refractivity contribution in [2.45, 2.75) is 12.3 Å². The van der Waals surface area contributed by atoms with Gasteiger partial charge >= 0.3 is 0 Å². The number of rotatable bonds is 2. The van der Waals surface area contributed by atoms with E-state index in [9.17, 15) is 9.90 Å². The molecule has 24 heavy (non-hydrogen) atoms. The molecule has 2 aromatic carbocycles. The highest BCUT2D eigenvalue weighted by Crippen LogP contribution is 2.45. The van der Waals surface area contributed by atoms with E-state index >= 15 is 0 Å². The summed E-state index contributed by atoms with van der Waals surface area (Å²) in [6, 6.07) is 8.89. The number of aromatic hydroxyl groups is 1. The molecule has 0 fully saturated rings. The molecule has 0 radical (unpaired) electrons. The number of carbonyl (C=O) groups is 1. The molecule has 6 nitrogen and oxygen atoms in total. The van der Waals surface area contributed by atoms with Crippen LogP contribution in [-0.4, -0.2) is 31.3 Å². The topological polar surface area (TPSA) is 77.0 Å². The number of amides is 1. The van der Waals surface area contributed by atoms with Gasteiger partial charge in [0.2, 0.25) is 5.91 Å². The molecule has 2 heterocycles. The van der Waals surface area contributed by atoms with Crippen LogP contribution in [0.15, 0.2) is 30.3 Å². The second-order valence-corrected chi connectivity index (χ2v) is 5.82. The fraction of sp³-hybridized carbons (Fsp3) is 0.278. The number of hydrogen-bond acceptors (Lipinski definition) is 5. The Morgan fingerprint density at radius 2 is 1.92 bits per heavy atom. The lowest BCUT2D eigenvalue weighted by Gasteiger charge is -2.29. The van der Waals surface area contributed by atoms with Crippen LogP contribution < -0.4 is 19.5 Å². The number of hydrogen-bond donors (Lipinski definition) is 2. The van der Waals surface area contributed by atoms with Crippen LogP contribution in [0, 0.1) is 0 Å². The Kier molecular flexibility index (Phi) is 3.45. The molecule has 0 aromatic heterocycles. The number of fused-ring (bicyclic) bond motifs is 2. The van der Waals surface area contributed by atoms with Crippen molar-refractivity contribution in [2.75, 3.05) is 25.6 Å². The Hall–Kier alpha value is -2.89. The summed E-state index contributed by atoms with van der Waals surface area (Å²) in [7, 11) is 1.50. The largest absolute Gasteiger partial charge is 0.504 e. The van der Waals surface area contributed by atoms with Crippen LogP contribution in [-0.2, 0) is 4.79 Å². The highest BCUT2D eigenvalue weighted by atomic mass is 16.6. The zero-order valence-corrected chi connectivity index (χ0v) is 13.2. The molecule has 1 unspecified atom stereocenters. The first-order valence-electron chi connectivity index (χ1n) is 7.76. The van der Waals surface area contributed by atoms with Crippen molar-refractivity contribution >= 4 is 11.6 Å². The first-order valence-corrected chi connectivity index (χ1v) is 7.76. The minimum absolute atomic E-state index is 0.0591. The predicted octanol–water partition coefficient (Wildman–Crippen LogP) is 2.65. The molecule has 1 atom stereocenters. The Balaban J connectivity index is 1.82. The molecule has 2 aliphatic rings. The molecular formula is C18H17NO5. The minimum atomic E-state index is -0.140. The summed E-state index contributed by atoms with van der Waals surface area (Å²) in [4.78, 5) is 12.1. The van der Waals surface area contributed by atoms with Gasteiger partial charge in [0.25, 0.3) is 0 Å². The lowest BCUT2D eigenvalue weighted by Crippen LogP contribution is -2.24. The predicted molar refractivity (Wildman–Crippen MR) is 87.2 cm³/mol. The van der Waals surface area contributed by atoms with Gasteiger partial charge in [-0.1, -0.05) is 6.07 Å². The molecule has 6 heteroatoms. The minimum Gasteiger partial charge on any atom is -0.504 e. The third kappa shape index (κ3) is 2.40. The van der Waals surface area contributed by atoms with E-state index in [1.165, 1.54) is 7.11 Å². The van der Waals surface area contributed by atoms with Crippen molar-refractivity contribution in [2.24, 2.45) is 0 Å². The van der Waals surface area contributed by atoms with Crippen LogP contribution >= 0.6 is 0 Å². The summed E-state index contributed by atoms with van der Waals surface area (Å²) in [6.45, 7) is 1.01. The van der Waals surface area contributed by atoms with Gasteiger partial charge < -0.3 is 24.6 Å². The number of methoxy groups -OCH3 is 1. The van der Waals surface area contributed by atoms with Crippen LogP contribution in [0.4, 0.5) is 5.69 Å². The molecule has 0 aliphatic carbocycles. The SMILES string of the molecule is COc1cc(C2CC(=O)Nc3cc4c(cc32)OCCO4)ccc1O. The van der Waals surface area contributed by atoms with Gasteiger partial charge in [0.1, 0.15) is 13.2 Å². The molecule has 2 aromatic rings. The molecular weight excluding hydrogens is 310 g/mol. The molecule has 0 spiro atoms. The van der Waals surface area contributed by atoms with Gasteiger partial charge in [-0.3, -0.25) is 4.79 Å². The molecule has 124 valence electrons. The van der Waals surface area contributed by atoms with E-state index < -0.39 is 0 Å². The number of nitrogens with one attached hydrogen (secondary N) is 1. The second kappa shape index (κ2) is 5.63. The number of benzene rings is 2. The fourth-order valence-corrected chi connectivity index (χ4v) is 3.21. The first-order chi connectivity index (χ1) is 11.7. The van der Waals surface area contributed by atoms with Gasteiger partial charge in [0, 0.05) is 24.1 Å². The maximum absolute atomic E-state index is 12.1. The third-order valence-corrected chi connectivity index (χ3v) is 4.36. The van der Waals surface area contributed by atoms with Crippen LogP contribution in [0.25, 0.3) is 0 Å². The van der Waals surface area contributed by atoms with Crippen molar-refractivity contribution in [3.8, 4) is 23.0 Å². The summed E-state index contributed by atoms with van der Waals surface area (Å²) in [6.07, 6.45) is 0.320. The summed E-state index contributed by atoms with van der Waals surface area (Å²) in [5, 5.41) is 12.7. The van der Waals surface area contributed by atoms with E-state index in [4.69, 9.17) is 14.2 Å². The van der Waals surface area contributed by atoms with Crippen LogP contribution in [0.1, 0.15) is 23.5 Å². The van der Waals surface area contributed by atoms with Gasteiger partial charge in [-0.05, 0) is 29.3 Å². The third-order valence-electron chi connectivity index (χ3n) is 4.36. The second-order valence-electron chi connectivity index (χ2n) is 5.82. The number of anilines is 1. The monoisotopic (exact) mass is 327 g/mol. The average Bonchev–Trinajstić information content (AvgIpc) is 2.60. The molecule has 0 bridgehead atoms. The summed E-state index contributed by atoms with van der Waals surface area (Å²) in [5.74, 6) is 1.59. The van der Waals surface area contributed by atoms with Crippen LogP contribution in [0.2, 0.25) is 0 Å². The number of ether oxygens (including phenoxy) is 3. The van der Waals surface area contributed by atoms with Gasteiger partial charge in [-0.25, -0.2) is 0 Å². The molecule has 0 saturated carbocycles. The highest BCUT2D eigenvalue weighted by Gasteiger charge is 2.29. The maximum atomic E-state index is 12.1. The van der Waals surface area contributed by atoms with E-state index in [0.29, 0.717) is 36.9 Å². The maximum Gasteiger partial charge on any atom is 0.225 e. The molecule has 0 saturated heterocycles. The summed E-state index contributed by atoms with van der Waals surface area (Å²) < 4.78 is 16.4. The molecule has 2 aliphatic heterocycles. The normalized spacial score (nSPS) is 18.5. The lowest BCUT2D eigenvalue weighted by molar-refractivity contribution is -0.116. The first kappa shape index (κ1) is 14.7. The zero-order chi connectivity index (χ0) is 16.7. The van der Waals surface area contributed by atoms with E-state index in [2.05, 4.69) is 5.32 Å². The fourth-order valence-electron chi connectivity index (χ4n) is 3.21. The Morgan fingerprint density at radius 1 is 1.17 bits per heavy atom. The molecule has 4 rings (SSSR count). The quantitative estimate of drug-likeness (QED) is 0.887. The highest BCUT2D eigenvalue weighted by molar-refractivity contribution is 5.96. The number of phenolic OH excluding ortho intramolecular Hbond substituents is 1. The van der Waals surface area contributed by atoms with Gasteiger partial charge in [-0.15, -0.1) is 0 Å². The summed E-state index contributed by atoms with van der Waals surface area (Å²) >= 11 is 0. The van der Waals surface area contributed by atoms with Crippen LogP contribution in [0.3, 0.4) is 0 Å². The van der Waals surface area contributed by atoms with Gasteiger partial charge in [0.15, 0.2) is 23.0 Å². The van der Waals surface area contributed by atoms with E-state index in [1.807, 2.05) is 18.2 Å². The standard InChI is InChI=1S/C18H17NO5/c1-22-15-6-10(2-3-14(15)20)11-8-18(21)19-13-9-17-16(7-12(11)13)23-4-5-24-17/h2-3,6-7,9,11,20H,4-5,8H2,1H3,(H,19,21). The van der Waals surface area contributed by atoms with E-state index in [-0.39, 0.29) is 17.6 Å². The smallest absolute Gasteiger partial charge is 0.225 e. The number of carbonyl (C=O) groups excluding carboxylic acids is 1. The Morgan fingerprint density at radius 3 is 2.67 bits per heavy atom. The molecule has 2 N–H and O–H groups in total. The van der Waals surface area contributed by atoms with Gasteiger partial charge in [-0.2, -0.15) is 0 Å². The zero-order valence-electron chi connectivity index (χ0n) is 13.2. The summed E-state index contributed by atoms with van der Waals surface area (Å²) in [5.41, 5.74) is 2.59. The Labute approximate surface area is 139 Å².